The van der Waals surface area contributed by atoms with Gasteiger partial charge in [0, 0.05) is 30.6 Å². The van der Waals surface area contributed by atoms with Gasteiger partial charge in [0.2, 0.25) is 0 Å². The van der Waals surface area contributed by atoms with Gasteiger partial charge >= 0.3 is 20.7 Å². The third-order valence-electron chi connectivity index (χ3n) is 10.7. The molecule has 5 N–H and O–H groups in total. The Morgan fingerprint density at radius 1 is 0.714 bits per heavy atom. The van der Waals surface area contributed by atoms with E-state index in [0.29, 0.717) is 57.5 Å². The maximum Gasteiger partial charge on any atom is 0.492 e. The molecule has 0 aromatic heterocycles. The number of esters is 2. The number of ether oxygens (including phenoxy) is 2. The molecule has 0 spiro atoms. The van der Waals surface area contributed by atoms with E-state index < -0.39 is 43.4 Å². The van der Waals surface area contributed by atoms with Crippen LogP contribution in [-0.4, -0.2) is 83.9 Å². The van der Waals surface area contributed by atoms with E-state index in [2.05, 4.69) is 107 Å². The Morgan fingerprint density at radius 2 is 1.20 bits per heavy atom. The Morgan fingerprint density at radius 3 is 1.65 bits per heavy atom. The summed E-state index contributed by atoms with van der Waals surface area (Å²) in [7, 11) is -4.01. The minimum atomic E-state index is -4.01. The van der Waals surface area contributed by atoms with Crippen molar-refractivity contribution in [3.63, 3.8) is 0 Å². The molecule has 49 heavy (non-hydrogen) atoms. The molecule has 0 rings (SSSR count). The van der Waals surface area contributed by atoms with Gasteiger partial charge in [-0.1, -0.05) is 96.9 Å². The van der Waals surface area contributed by atoms with Gasteiger partial charge < -0.3 is 34.3 Å². The van der Waals surface area contributed by atoms with Crippen LogP contribution in [0.3, 0.4) is 0 Å². The van der Waals surface area contributed by atoms with E-state index >= 15 is 0 Å². The van der Waals surface area contributed by atoms with Crippen LogP contribution in [0.1, 0.15) is 149 Å². The molecule has 0 saturated carbocycles. The van der Waals surface area contributed by atoms with Crippen molar-refractivity contribution in [2.24, 2.45) is 37.5 Å². The van der Waals surface area contributed by atoms with Gasteiger partial charge in [-0.05, 0) is 72.6 Å². The van der Waals surface area contributed by atoms with E-state index in [1.807, 2.05) is 6.92 Å². The topological polar surface area (TPSA) is 158 Å². The summed E-state index contributed by atoms with van der Waals surface area (Å²) < 4.78 is 12.3. The summed E-state index contributed by atoms with van der Waals surface area (Å²) in [6, 6.07) is -0.0145. The average molecular weight is 717 g/mol. The minimum Gasteiger partial charge on any atom is -0.463 e. The first kappa shape index (κ1) is 47.6. The highest BCUT2D eigenvalue weighted by molar-refractivity contribution is 6.56. The molecule has 0 radical (unpaired) electrons. The van der Waals surface area contributed by atoms with Crippen molar-refractivity contribution in [1.82, 2.24) is 5.32 Å². The lowest BCUT2D eigenvalue weighted by atomic mass is 9.57. The summed E-state index contributed by atoms with van der Waals surface area (Å²) in [5, 5.41) is 14.5. The molecule has 11 heteroatoms. The summed E-state index contributed by atoms with van der Waals surface area (Å²) >= 11 is 0. The highest BCUT2D eigenvalue weighted by Gasteiger charge is 2.50. The monoisotopic (exact) mass is 717 g/mol. The Hall–Kier alpha value is -1.37. The van der Waals surface area contributed by atoms with Crippen LogP contribution in [0.2, 0.25) is 6.04 Å². The number of hydrogen-bond acceptors (Lipinski definition) is 10. The van der Waals surface area contributed by atoms with Crippen molar-refractivity contribution in [2.45, 2.75) is 174 Å². The number of aliphatic imine (C=N–C) groups is 1. The van der Waals surface area contributed by atoms with Gasteiger partial charge in [0.25, 0.3) is 0 Å². The van der Waals surface area contributed by atoms with Crippen LogP contribution in [-0.2, 0) is 19.1 Å². The quantitative estimate of drug-likeness (QED) is 0.0378. The van der Waals surface area contributed by atoms with E-state index in [1.165, 1.54) is 6.92 Å². The highest BCUT2D eigenvalue weighted by atomic mass is 28.4. The highest BCUT2D eigenvalue weighted by Crippen LogP contribution is 2.52. The summed E-state index contributed by atoms with van der Waals surface area (Å²) in [5.41, 5.74) is -1.24. The molecule has 0 aliphatic rings. The smallest absolute Gasteiger partial charge is 0.463 e. The van der Waals surface area contributed by atoms with Gasteiger partial charge in [-0.3, -0.25) is 14.6 Å². The normalized spacial score (nSPS) is 16.3. The van der Waals surface area contributed by atoms with Gasteiger partial charge in [0.05, 0.1) is 19.1 Å². The SMILES string of the molecule is CC(=O)OC(CC(C)(C)C(C)(C)C(O)CC(C)(C)C)CC(C)(C)C(C)(C)C(CC(C)(C)C)OC(=O)CC(C)=NCCNCCC[Si](O)(O)O. The number of carbonyl (C=O) groups excluding carboxylic acids is 2. The second kappa shape index (κ2) is 18.4. The van der Waals surface area contributed by atoms with Crippen LogP contribution in [0.15, 0.2) is 4.99 Å². The predicted molar refractivity (Wildman–Crippen MR) is 201 cm³/mol. The van der Waals surface area contributed by atoms with Crippen molar-refractivity contribution in [3.8, 4) is 0 Å². The van der Waals surface area contributed by atoms with E-state index in [9.17, 15) is 14.7 Å². The predicted octanol–water partition coefficient (Wildman–Crippen LogP) is 6.69. The second-order valence-electron chi connectivity index (χ2n) is 19.3. The molecule has 3 unspecified atom stereocenters. The third-order valence-corrected chi connectivity index (χ3v) is 11.8. The summed E-state index contributed by atoms with van der Waals surface area (Å²) in [5.74, 6) is -0.677. The first-order valence-electron chi connectivity index (χ1n) is 18.1. The van der Waals surface area contributed by atoms with Crippen LogP contribution in [0.5, 0.6) is 0 Å². The molecule has 290 valence electrons. The molecule has 3 atom stereocenters. The van der Waals surface area contributed by atoms with Crippen molar-refractivity contribution >= 4 is 26.5 Å². The molecule has 10 nitrogen and oxygen atoms in total. The molecule has 0 aromatic rings. The number of nitrogens with one attached hydrogen (secondary N) is 1. The fourth-order valence-electron chi connectivity index (χ4n) is 6.14. The lowest BCUT2D eigenvalue weighted by Crippen LogP contribution is -2.50. The summed E-state index contributed by atoms with van der Waals surface area (Å²) in [6.07, 6.45) is 1.59. The zero-order chi connectivity index (χ0) is 38.9. The van der Waals surface area contributed by atoms with Crippen molar-refractivity contribution in [3.05, 3.63) is 0 Å². The number of nitrogens with zero attached hydrogens (tertiary/aromatic N) is 1. The van der Waals surface area contributed by atoms with Crippen LogP contribution in [0.4, 0.5) is 0 Å². The number of hydrogen-bond donors (Lipinski definition) is 5. The molecule has 0 fully saturated rings. The number of rotatable bonds is 21. The largest absolute Gasteiger partial charge is 0.492 e. The van der Waals surface area contributed by atoms with E-state index in [-0.39, 0.29) is 40.6 Å². The summed E-state index contributed by atoms with van der Waals surface area (Å²) in [6.45, 7) is 34.7. The second-order valence-corrected chi connectivity index (χ2v) is 21.3. The Bertz CT molecular complexity index is 1070. The zero-order valence-corrected chi connectivity index (χ0v) is 35.2. The lowest BCUT2D eigenvalue weighted by molar-refractivity contribution is -0.167. The minimum absolute atomic E-state index is 0.0145. The van der Waals surface area contributed by atoms with Crippen molar-refractivity contribution in [1.29, 1.82) is 0 Å². The average Bonchev–Trinajstić information content (AvgIpc) is 2.83. The number of carbonyl (C=O) groups is 2. The Kier molecular flexibility index (Phi) is 17.9. The van der Waals surface area contributed by atoms with Gasteiger partial charge in [-0.15, -0.1) is 0 Å². The summed E-state index contributed by atoms with van der Waals surface area (Å²) in [4.78, 5) is 57.6. The molecule has 0 aliphatic carbocycles. The fourth-order valence-corrected chi connectivity index (χ4v) is 6.79. The first-order chi connectivity index (χ1) is 21.7. The van der Waals surface area contributed by atoms with Gasteiger partial charge in [0.1, 0.15) is 12.2 Å². The molecule has 0 bridgehead atoms. The van der Waals surface area contributed by atoms with Crippen LogP contribution < -0.4 is 5.32 Å². The van der Waals surface area contributed by atoms with Crippen molar-refractivity contribution in [2.75, 3.05) is 19.6 Å². The number of aliphatic hydroxyl groups excluding tert-OH is 1. The van der Waals surface area contributed by atoms with E-state index in [4.69, 9.17) is 23.9 Å². The van der Waals surface area contributed by atoms with Crippen LogP contribution >= 0.6 is 0 Å². The standard InChI is InChI=1S/C38H76N2O8Si/c1-27(40-20-19-39-18-17-21-49(44,45)46)22-32(43)48-31(26-34(6,7)8)38(15,16)36(11,12)24-29(47-28(2)41)23-35(9,10)37(13,14)30(42)25-33(3,4)5/h29-31,39,42,44-46H,17-26H2,1-16H3. The molecule has 0 saturated heterocycles. The van der Waals surface area contributed by atoms with Crippen LogP contribution in [0.25, 0.3) is 0 Å². The Balaban J connectivity index is 5.93. The first-order valence-corrected chi connectivity index (χ1v) is 20.2. The zero-order valence-electron chi connectivity index (χ0n) is 34.2. The van der Waals surface area contributed by atoms with Crippen LogP contribution in [0, 0.1) is 32.5 Å². The molecule has 0 amide bonds. The Labute approximate surface area is 300 Å². The van der Waals surface area contributed by atoms with Crippen molar-refractivity contribution < 1.29 is 38.6 Å². The molecule has 0 heterocycles. The molecule has 0 aliphatic heterocycles. The maximum absolute atomic E-state index is 13.3. The fraction of sp³-hybridized carbons (Fsp3) is 0.921. The van der Waals surface area contributed by atoms with E-state index in [1.54, 1.807) is 0 Å². The number of aliphatic hydroxyl groups is 1. The molecular formula is C38H76N2O8Si. The van der Waals surface area contributed by atoms with Gasteiger partial charge in [-0.2, -0.15) is 0 Å². The molecule has 0 aromatic carbocycles. The maximum atomic E-state index is 13.3. The molecular weight excluding hydrogens is 641 g/mol. The van der Waals surface area contributed by atoms with Gasteiger partial charge in [0.15, 0.2) is 0 Å². The van der Waals surface area contributed by atoms with Gasteiger partial charge in [-0.25, -0.2) is 0 Å². The van der Waals surface area contributed by atoms with E-state index in [0.717, 1.165) is 0 Å². The third kappa shape index (κ3) is 18.1. The lowest BCUT2D eigenvalue weighted by Gasteiger charge is -2.51.